The van der Waals surface area contributed by atoms with Crippen molar-refractivity contribution in [2.75, 3.05) is 18.4 Å². The molecule has 1 aliphatic heterocycles. The van der Waals surface area contributed by atoms with Gasteiger partial charge in [0, 0.05) is 36.7 Å². The van der Waals surface area contributed by atoms with Crippen LogP contribution in [0.2, 0.25) is 0 Å². The van der Waals surface area contributed by atoms with E-state index in [1.807, 2.05) is 27.7 Å². The number of hydrogen-bond donors (Lipinski definition) is 2. The second kappa shape index (κ2) is 7.60. The Morgan fingerprint density at radius 3 is 2.64 bits per heavy atom. The van der Waals surface area contributed by atoms with Crippen molar-refractivity contribution in [2.45, 2.75) is 58.7 Å². The van der Waals surface area contributed by atoms with E-state index in [2.05, 4.69) is 20.5 Å². The number of aromatic nitrogens is 3. The summed E-state index contributed by atoms with van der Waals surface area (Å²) in [5, 5.41) is 9.53. The molecule has 0 aromatic carbocycles. The summed E-state index contributed by atoms with van der Waals surface area (Å²) < 4.78 is 41.4. The molecule has 0 aliphatic carbocycles. The first-order valence-electron chi connectivity index (χ1n) is 9.59. The molecule has 2 N–H and O–H groups in total. The highest BCUT2D eigenvalue weighted by molar-refractivity contribution is 5.91. The van der Waals surface area contributed by atoms with Crippen LogP contribution in [0.15, 0.2) is 6.07 Å². The van der Waals surface area contributed by atoms with E-state index in [0.29, 0.717) is 25.2 Å². The van der Waals surface area contributed by atoms with Crippen molar-refractivity contribution in [3.63, 3.8) is 0 Å². The lowest BCUT2D eigenvalue weighted by atomic mass is 9.92. The summed E-state index contributed by atoms with van der Waals surface area (Å²) in [5.74, 6) is -0.202. The van der Waals surface area contributed by atoms with Gasteiger partial charge in [-0.3, -0.25) is 9.89 Å². The Labute approximate surface area is 161 Å². The average molecular weight is 397 g/mol. The maximum absolute atomic E-state index is 13.8. The van der Waals surface area contributed by atoms with E-state index in [9.17, 15) is 18.0 Å². The van der Waals surface area contributed by atoms with Crippen LogP contribution in [-0.4, -0.2) is 45.1 Å². The number of rotatable bonds is 4. The normalized spacial score (nSPS) is 18.3. The van der Waals surface area contributed by atoms with Crippen LogP contribution in [0.5, 0.6) is 0 Å². The zero-order valence-corrected chi connectivity index (χ0v) is 16.5. The third-order valence-electron chi connectivity index (χ3n) is 4.93. The maximum atomic E-state index is 13.8. The summed E-state index contributed by atoms with van der Waals surface area (Å²) in [6.45, 7) is 8.33. The molecule has 0 saturated carbocycles. The zero-order valence-electron chi connectivity index (χ0n) is 16.5. The monoisotopic (exact) mass is 397 g/mol. The van der Waals surface area contributed by atoms with Gasteiger partial charge in [-0.1, -0.05) is 13.8 Å². The van der Waals surface area contributed by atoms with Crippen LogP contribution in [0.4, 0.5) is 19.0 Å². The summed E-state index contributed by atoms with van der Waals surface area (Å²) in [6, 6.07) is 1.05. The molecule has 2 aromatic rings. The summed E-state index contributed by atoms with van der Waals surface area (Å²) >= 11 is 0. The van der Waals surface area contributed by atoms with Crippen molar-refractivity contribution in [2.24, 2.45) is 5.92 Å². The van der Waals surface area contributed by atoms with Gasteiger partial charge >= 0.3 is 6.18 Å². The number of pyridine rings is 1. The Hall–Kier alpha value is -2.32. The molecule has 3 heterocycles. The second-order valence-electron chi connectivity index (χ2n) is 7.97. The van der Waals surface area contributed by atoms with Gasteiger partial charge in [-0.05, 0) is 32.8 Å². The Morgan fingerprint density at radius 1 is 1.32 bits per heavy atom. The molecule has 0 spiro atoms. The quantitative estimate of drug-likeness (QED) is 0.813. The molecule has 28 heavy (non-hydrogen) atoms. The number of fused-ring (bicyclic) bond motifs is 1. The molecule has 3 rings (SSSR count). The minimum atomic E-state index is -4.53. The molecule has 2 aromatic heterocycles. The minimum Gasteiger partial charge on any atom is -0.366 e. The number of nitrogens with zero attached hydrogens (tertiary/aromatic N) is 3. The zero-order chi connectivity index (χ0) is 20.6. The number of nitrogens with one attached hydrogen (secondary N) is 2. The molecule has 1 amide bonds. The van der Waals surface area contributed by atoms with Gasteiger partial charge < -0.3 is 10.2 Å². The third-order valence-corrected chi connectivity index (χ3v) is 4.93. The van der Waals surface area contributed by atoms with E-state index in [-0.39, 0.29) is 40.6 Å². The molecule has 1 fully saturated rings. The number of alkyl halides is 3. The van der Waals surface area contributed by atoms with Crippen molar-refractivity contribution in [3.8, 4) is 0 Å². The predicted octanol–water partition coefficient (Wildman–Crippen LogP) is 4.16. The summed E-state index contributed by atoms with van der Waals surface area (Å²) in [4.78, 5) is 18.5. The van der Waals surface area contributed by atoms with Crippen LogP contribution in [0, 0.1) is 5.92 Å². The van der Waals surface area contributed by atoms with E-state index < -0.39 is 11.7 Å². The third kappa shape index (κ3) is 4.07. The van der Waals surface area contributed by atoms with Gasteiger partial charge in [-0.15, -0.1) is 0 Å². The molecule has 9 heteroatoms. The number of halogens is 3. The SMILES string of the molecule is CC(C)Nc1n[nH]c2nc([C@@H]3CCCN(C(=O)C(C)C)C3)cc(C(F)(F)F)c12. The average Bonchev–Trinajstić information content (AvgIpc) is 3.01. The van der Waals surface area contributed by atoms with E-state index in [0.717, 1.165) is 12.5 Å². The molecule has 0 unspecified atom stereocenters. The summed E-state index contributed by atoms with van der Waals surface area (Å²) in [7, 11) is 0. The smallest absolute Gasteiger partial charge is 0.366 e. The fourth-order valence-electron chi connectivity index (χ4n) is 3.64. The van der Waals surface area contributed by atoms with Crippen molar-refractivity contribution in [3.05, 3.63) is 17.3 Å². The lowest BCUT2D eigenvalue weighted by Gasteiger charge is -2.33. The molecule has 154 valence electrons. The Balaban J connectivity index is 2.02. The first-order valence-corrected chi connectivity index (χ1v) is 9.59. The topological polar surface area (TPSA) is 73.9 Å². The first kappa shape index (κ1) is 20.4. The van der Waals surface area contributed by atoms with Gasteiger partial charge in [0.15, 0.2) is 11.5 Å². The van der Waals surface area contributed by atoms with Gasteiger partial charge in [0.05, 0.1) is 10.9 Å². The van der Waals surface area contributed by atoms with E-state index in [1.165, 1.54) is 0 Å². The lowest BCUT2D eigenvalue weighted by molar-refractivity contribution is -0.137. The second-order valence-corrected chi connectivity index (χ2v) is 7.97. The standard InChI is InChI=1S/C19H26F3N5O/c1-10(2)18(28)27-7-5-6-12(9-27)14-8-13(19(20,21)22)15-16(23-11(3)4)25-26-17(15)24-14/h8,10-12H,5-7,9H2,1-4H3,(H2,23,24,25,26)/t12-/m1/s1. The number of aromatic amines is 1. The largest absolute Gasteiger partial charge is 0.417 e. The van der Waals surface area contributed by atoms with E-state index in [4.69, 9.17) is 0 Å². The van der Waals surface area contributed by atoms with Crippen molar-refractivity contribution >= 4 is 22.8 Å². The van der Waals surface area contributed by atoms with Crippen LogP contribution in [-0.2, 0) is 11.0 Å². The Kier molecular flexibility index (Phi) is 5.54. The van der Waals surface area contributed by atoms with Crippen LogP contribution in [0.25, 0.3) is 11.0 Å². The van der Waals surface area contributed by atoms with Crippen LogP contribution >= 0.6 is 0 Å². The lowest BCUT2D eigenvalue weighted by Crippen LogP contribution is -2.41. The fourth-order valence-corrected chi connectivity index (χ4v) is 3.64. The number of likely N-dealkylation sites (tertiary alicyclic amines) is 1. The molecule has 0 radical (unpaired) electrons. The number of piperidine rings is 1. The molecular weight excluding hydrogens is 371 g/mol. The summed E-state index contributed by atoms with van der Waals surface area (Å²) in [5.41, 5.74) is -0.294. The van der Waals surface area contributed by atoms with Crippen LogP contribution < -0.4 is 5.32 Å². The highest BCUT2D eigenvalue weighted by Crippen LogP contribution is 2.39. The van der Waals surface area contributed by atoms with E-state index in [1.54, 1.807) is 4.90 Å². The highest BCUT2D eigenvalue weighted by Gasteiger charge is 2.37. The van der Waals surface area contributed by atoms with Gasteiger partial charge in [0.1, 0.15) is 0 Å². The molecule has 0 bridgehead atoms. The molecule has 6 nitrogen and oxygen atoms in total. The fraction of sp³-hybridized carbons (Fsp3) is 0.632. The van der Waals surface area contributed by atoms with Gasteiger partial charge in [-0.25, -0.2) is 4.98 Å². The van der Waals surface area contributed by atoms with Crippen LogP contribution in [0.1, 0.15) is 57.7 Å². The van der Waals surface area contributed by atoms with Crippen molar-refractivity contribution in [1.29, 1.82) is 0 Å². The number of carbonyl (C=O) groups is 1. The molecule has 1 aliphatic rings. The molecular formula is C19H26F3N5O. The van der Waals surface area contributed by atoms with Gasteiger partial charge in [-0.2, -0.15) is 18.3 Å². The number of H-pyrrole nitrogens is 1. The Morgan fingerprint density at radius 2 is 2.04 bits per heavy atom. The van der Waals surface area contributed by atoms with E-state index >= 15 is 0 Å². The summed E-state index contributed by atoms with van der Waals surface area (Å²) in [6.07, 6.45) is -3.09. The van der Waals surface area contributed by atoms with Gasteiger partial charge in [0.25, 0.3) is 0 Å². The van der Waals surface area contributed by atoms with Crippen LogP contribution in [0.3, 0.4) is 0 Å². The number of hydrogen-bond acceptors (Lipinski definition) is 4. The predicted molar refractivity (Wildman–Crippen MR) is 101 cm³/mol. The highest BCUT2D eigenvalue weighted by atomic mass is 19.4. The first-order chi connectivity index (χ1) is 13.1. The minimum absolute atomic E-state index is 0.0202. The number of anilines is 1. The Bertz CT molecular complexity index is 859. The molecule has 1 saturated heterocycles. The van der Waals surface area contributed by atoms with Gasteiger partial charge in [0.2, 0.25) is 5.91 Å². The number of amides is 1. The molecule has 1 atom stereocenters. The van der Waals surface area contributed by atoms with Crippen molar-refractivity contribution in [1.82, 2.24) is 20.1 Å². The number of carbonyl (C=O) groups excluding carboxylic acids is 1. The maximum Gasteiger partial charge on any atom is 0.417 e. The van der Waals surface area contributed by atoms with Crippen molar-refractivity contribution < 1.29 is 18.0 Å².